The first-order valence-corrected chi connectivity index (χ1v) is 6.09. The van der Waals surface area contributed by atoms with Gasteiger partial charge in [-0.25, -0.2) is 0 Å². The van der Waals surface area contributed by atoms with Crippen LogP contribution in [0, 0.1) is 5.92 Å². The van der Waals surface area contributed by atoms with Gasteiger partial charge < -0.3 is 5.11 Å². The molecule has 0 aliphatic heterocycles. The molecule has 2 rings (SSSR count). The van der Waals surface area contributed by atoms with E-state index in [2.05, 4.69) is 15.9 Å². The van der Waals surface area contributed by atoms with Gasteiger partial charge in [0.15, 0.2) is 0 Å². The zero-order valence-electron chi connectivity index (χ0n) is 8.12. The summed E-state index contributed by atoms with van der Waals surface area (Å²) in [4.78, 5) is 0.691. The van der Waals surface area contributed by atoms with Crippen LogP contribution in [-0.2, 0) is 6.42 Å². The van der Waals surface area contributed by atoms with Crippen LogP contribution in [0.3, 0.4) is 0 Å². The summed E-state index contributed by atoms with van der Waals surface area (Å²) in [7, 11) is 0. The van der Waals surface area contributed by atoms with E-state index in [1.54, 1.807) is 12.1 Å². The highest BCUT2D eigenvalue weighted by molar-refractivity contribution is 9.09. The SMILES string of the molecule is Oc1ccc(CCC(Br)C2CC2)cc1. The van der Waals surface area contributed by atoms with E-state index in [4.69, 9.17) is 5.11 Å². The highest BCUT2D eigenvalue weighted by atomic mass is 79.9. The molecule has 1 nitrogen and oxygen atoms in total. The quantitative estimate of drug-likeness (QED) is 0.816. The number of phenolic OH excluding ortho intramolecular Hbond substituents is 1. The number of aromatic hydroxyl groups is 1. The third kappa shape index (κ3) is 2.74. The fourth-order valence-electron chi connectivity index (χ4n) is 1.66. The Morgan fingerprint density at radius 1 is 1.29 bits per heavy atom. The highest BCUT2D eigenvalue weighted by Crippen LogP contribution is 2.38. The van der Waals surface area contributed by atoms with E-state index < -0.39 is 0 Å². The molecule has 14 heavy (non-hydrogen) atoms. The van der Waals surface area contributed by atoms with Crippen molar-refractivity contribution in [3.8, 4) is 5.75 Å². The molecule has 1 N–H and O–H groups in total. The number of phenols is 1. The second-order valence-corrected chi connectivity index (χ2v) is 5.23. The maximum Gasteiger partial charge on any atom is 0.115 e. The summed E-state index contributed by atoms with van der Waals surface area (Å²) in [6.07, 6.45) is 5.10. The maximum atomic E-state index is 9.12. The van der Waals surface area contributed by atoms with Crippen molar-refractivity contribution in [1.29, 1.82) is 0 Å². The summed E-state index contributed by atoms with van der Waals surface area (Å²) < 4.78 is 0. The molecule has 0 heterocycles. The lowest BCUT2D eigenvalue weighted by atomic mass is 10.1. The zero-order chi connectivity index (χ0) is 9.97. The van der Waals surface area contributed by atoms with Crippen LogP contribution in [0.25, 0.3) is 0 Å². The van der Waals surface area contributed by atoms with Gasteiger partial charge in [0.25, 0.3) is 0 Å². The lowest BCUT2D eigenvalue weighted by Crippen LogP contribution is -2.02. The Balaban J connectivity index is 1.82. The Labute approximate surface area is 93.3 Å². The summed E-state index contributed by atoms with van der Waals surface area (Å²) in [5, 5.41) is 9.12. The third-order valence-corrected chi connectivity index (χ3v) is 3.98. The molecule has 1 aliphatic carbocycles. The normalized spacial score (nSPS) is 18.1. The molecule has 1 fully saturated rings. The van der Waals surface area contributed by atoms with Crippen LogP contribution in [0.2, 0.25) is 0 Å². The highest BCUT2D eigenvalue weighted by Gasteiger charge is 2.28. The van der Waals surface area contributed by atoms with E-state index in [-0.39, 0.29) is 0 Å². The first-order chi connectivity index (χ1) is 6.75. The molecule has 1 atom stereocenters. The van der Waals surface area contributed by atoms with E-state index in [0.717, 1.165) is 12.3 Å². The molecule has 0 saturated heterocycles. The molecule has 0 amide bonds. The molecule has 0 radical (unpaired) electrons. The second-order valence-electron chi connectivity index (χ2n) is 4.06. The number of halogens is 1. The third-order valence-electron chi connectivity index (χ3n) is 2.78. The number of hydrogen-bond donors (Lipinski definition) is 1. The molecule has 1 aromatic rings. The molecule has 0 spiro atoms. The molecule has 0 aromatic heterocycles. The van der Waals surface area contributed by atoms with Gasteiger partial charge in [0.1, 0.15) is 5.75 Å². The summed E-state index contributed by atoms with van der Waals surface area (Å²) in [5.41, 5.74) is 1.31. The topological polar surface area (TPSA) is 20.2 Å². The van der Waals surface area contributed by atoms with E-state index in [1.807, 2.05) is 12.1 Å². The van der Waals surface area contributed by atoms with Gasteiger partial charge in [-0.1, -0.05) is 28.1 Å². The van der Waals surface area contributed by atoms with Crippen molar-refractivity contribution in [2.45, 2.75) is 30.5 Å². The van der Waals surface area contributed by atoms with E-state index in [1.165, 1.54) is 24.8 Å². The minimum absolute atomic E-state index is 0.353. The van der Waals surface area contributed by atoms with Gasteiger partial charge in [-0.05, 0) is 49.3 Å². The van der Waals surface area contributed by atoms with Crippen molar-refractivity contribution in [2.24, 2.45) is 5.92 Å². The molecule has 0 bridgehead atoms. The Morgan fingerprint density at radius 2 is 1.93 bits per heavy atom. The first-order valence-electron chi connectivity index (χ1n) is 5.17. The van der Waals surface area contributed by atoms with Gasteiger partial charge >= 0.3 is 0 Å². The van der Waals surface area contributed by atoms with Crippen LogP contribution >= 0.6 is 15.9 Å². The van der Waals surface area contributed by atoms with Gasteiger partial charge in [0, 0.05) is 4.83 Å². The van der Waals surface area contributed by atoms with Crippen molar-refractivity contribution in [2.75, 3.05) is 0 Å². The Kier molecular flexibility index (Phi) is 3.12. The molecule has 1 unspecified atom stereocenters. The number of benzene rings is 1. The fraction of sp³-hybridized carbons (Fsp3) is 0.500. The molecule has 2 heteroatoms. The van der Waals surface area contributed by atoms with E-state index >= 15 is 0 Å². The Bertz CT molecular complexity index is 290. The summed E-state index contributed by atoms with van der Waals surface area (Å²) >= 11 is 3.73. The molecule has 1 aromatic carbocycles. The average molecular weight is 255 g/mol. The van der Waals surface area contributed by atoms with Crippen LogP contribution in [0.5, 0.6) is 5.75 Å². The number of aryl methyl sites for hydroxylation is 1. The zero-order valence-corrected chi connectivity index (χ0v) is 9.70. The summed E-state index contributed by atoms with van der Waals surface area (Å²) in [5.74, 6) is 1.28. The van der Waals surface area contributed by atoms with Gasteiger partial charge in [-0.3, -0.25) is 0 Å². The van der Waals surface area contributed by atoms with E-state index in [0.29, 0.717) is 10.6 Å². The molecule has 1 aliphatic rings. The van der Waals surface area contributed by atoms with Crippen LogP contribution in [0.1, 0.15) is 24.8 Å². The standard InChI is InChI=1S/C12H15BrO/c13-12(10-4-5-10)8-3-9-1-6-11(14)7-2-9/h1-2,6-7,10,12,14H,3-5,8H2. The van der Waals surface area contributed by atoms with Crippen molar-refractivity contribution < 1.29 is 5.11 Å². The number of hydrogen-bond acceptors (Lipinski definition) is 1. The predicted octanol–water partition coefficient (Wildman–Crippen LogP) is 3.50. The number of alkyl halides is 1. The average Bonchev–Trinajstić information content (AvgIpc) is 3.00. The van der Waals surface area contributed by atoms with Crippen LogP contribution in [-0.4, -0.2) is 9.93 Å². The van der Waals surface area contributed by atoms with Crippen LogP contribution in [0.15, 0.2) is 24.3 Å². The van der Waals surface area contributed by atoms with Crippen molar-refractivity contribution in [3.63, 3.8) is 0 Å². The second kappa shape index (κ2) is 4.35. The minimum atomic E-state index is 0.353. The van der Waals surface area contributed by atoms with Crippen molar-refractivity contribution >= 4 is 15.9 Å². The van der Waals surface area contributed by atoms with E-state index in [9.17, 15) is 0 Å². The van der Waals surface area contributed by atoms with Gasteiger partial charge in [-0.2, -0.15) is 0 Å². The summed E-state index contributed by atoms with van der Waals surface area (Å²) in [6, 6.07) is 7.52. The Morgan fingerprint density at radius 3 is 2.50 bits per heavy atom. The van der Waals surface area contributed by atoms with Gasteiger partial charge in [0.05, 0.1) is 0 Å². The number of rotatable bonds is 4. The Hall–Kier alpha value is -0.500. The smallest absolute Gasteiger partial charge is 0.115 e. The minimum Gasteiger partial charge on any atom is -0.508 e. The summed E-state index contributed by atoms with van der Waals surface area (Å²) in [6.45, 7) is 0. The molecule has 76 valence electrons. The first kappa shape index (κ1) is 10.0. The van der Waals surface area contributed by atoms with Gasteiger partial charge in [0.2, 0.25) is 0 Å². The maximum absolute atomic E-state index is 9.12. The largest absolute Gasteiger partial charge is 0.508 e. The monoisotopic (exact) mass is 254 g/mol. The fourth-order valence-corrected chi connectivity index (χ4v) is 2.42. The molecular weight excluding hydrogens is 240 g/mol. The van der Waals surface area contributed by atoms with Crippen LogP contribution < -0.4 is 0 Å². The predicted molar refractivity (Wildman–Crippen MR) is 61.9 cm³/mol. The lowest BCUT2D eigenvalue weighted by molar-refractivity contribution is 0.475. The van der Waals surface area contributed by atoms with Gasteiger partial charge in [-0.15, -0.1) is 0 Å². The van der Waals surface area contributed by atoms with Crippen molar-refractivity contribution in [1.82, 2.24) is 0 Å². The van der Waals surface area contributed by atoms with Crippen molar-refractivity contribution in [3.05, 3.63) is 29.8 Å². The van der Waals surface area contributed by atoms with Crippen LogP contribution in [0.4, 0.5) is 0 Å². The molecule has 1 saturated carbocycles. The molecular formula is C12H15BrO. The lowest BCUT2D eigenvalue weighted by Gasteiger charge is -2.07.